The van der Waals surface area contributed by atoms with Gasteiger partial charge in [0, 0.05) is 0 Å². The summed E-state index contributed by atoms with van der Waals surface area (Å²) in [4.78, 5) is 0. The molecule has 4 heteroatoms. The second-order valence-electron chi connectivity index (χ2n) is 5.19. The fraction of sp³-hybridized carbons (Fsp3) is 1.00. The average molecular weight is 298 g/mol. The summed E-state index contributed by atoms with van der Waals surface area (Å²) in [5, 5.41) is 0. The zero-order chi connectivity index (χ0) is 12.1. The first kappa shape index (κ1) is 15.2. The van der Waals surface area contributed by atoms with E-state index in [1.165, 1.54) is 25.7 Å². The monoisotopic (exact) mass is 298 g/mol. The third kappa shape index (κ3) is 2.94. The van der Waals surface area contributed by atoms with E-state index in [2.05, 4.69) is 47.6 Å². The molecule has 0 saturated carbocycles. The Balaban J connectivity index is 3.05. The predicted octanol–water partition coefficient (Wildman–Crippen LogP) is 6.75. The predicted molar refractivity (Wildman–Crippen MR) is 87.9 cm³/mol. The van der Waals surface area contributed by atoms with Crippen molar-refractivity contribution >= 4 is 31.8 Å². The maximum absolute atomic E-state index is 2.41. The summed E-state index contributed by atoms with van der Waals surface area (Å²) >= 11 is 0. The number of hydrogen-bond donors (Lipinski definition) is 0. The summed E-state index contributed by atoms with van der Waals surface area (Å²) in [6.07, 6.45) is 10.8. The zero-order valence-electron chi connectivity index (χ0n) is 11.4. The molecule has 0 amide bonds. The van der Waals surface area contributed by atoms with Crippen LogP contribution in [0, 0.1) is 0 Å². The molecule has 0 radical (unpaired) electrons. The summed E-state index contributed by atoms with van der Waals surface area (Å²) in [7, 11) is 4.55. The van der Waals surface area contributed by atoms with Crippen molar-refractivity contribution in [3.8, 4) is 0 Å². The molecule has 1 heterocycles. The first-order valence-corrected chi connectivity index (χ1v) is 15.2. The van der Waals surface area contributed by atoms with Gasteiger partial charge in [0.05, 0.1) is 0 Å². The van der Waals surface area contributed by atoms with Crippen molar-refractivity contribution in [3.63, 3.8) is 0 Å². The Morgan fingerprint density at radius 2 is 1.00 bits per heavy atom. The summed E-state index contributed by atoms with van der Waals surface area (Å²) in [5.74, 6) is 0. The van der Waals surface area contributed by atoms with E-state index in [1.54, 1.807) is 24.6 Å². The van der Waals surface area contributed by atoms with E-state index in [9.17, 15) is 0 Å². The van der Waals surface area contributed by atoms with Crippen LogP contribution in [-0.2, 0) is 0 Å². The quantitative estimate of drug-likeness (QED) is 0.349. The molecule has 0 aliphatic carbocycles. The van der Waals surface area contributed by atoms with Crippen LogP contribution in [0.15, 0.2) is 0 Å². The molecule has 1 aromatic rings. The zero-order valence-corrected chi connectivity index (χ0v) is 14.8. The molecular weight excluding hydrogens is 270 g/mol. The third-order valence-corrected chi connectivity index (χ3v) is 31.9. The number of hydrogen-bond acceptors (Lipinski definition) is 2. The van der Waals surface area contributed by atoms with Crippen molar-refractivity contribution < 1.29 is 0 Å². The van der Waals surface area contributed by atoms with Crippen LogP contribution in [0.5, 0.6) is 0 Å². The van der Waals surface area contributed by atoms with E-state index >= 15 is 0 Å². The Hall–Kier alpha value is 1.17. The fourth-order valence-corrected chi connectivity index (χ4v) is 39.0. The standard InChI is InChI=1S/C12H28P2S2/c1-5-9-14(10-6-2,11-7-3,12-8-4)13-15-16-13/h5-12H2,1-4H3. The van der Waals surface area contributed by atoms with E-state index in [4.69, 9.17) is 0 Å². The van der Waals surface area contributed by atoms with Gasteiger partial charge in [0.1, 0.15) is 0 Å². The Morgan fingerprint density at radius 1 is 0.688 bits per heavy atom. The van der Waals surface area contributed by atoms with Crippen molar-refractivity contribution in [1.29, 1.82) is 0 Å². The van der Waals surface area contributed by atoms with Crippen molar-refractivity contribution in [1.82, 2.24) is 0 Å². The average Bonchev–Trinajstić information content (AvgIpc) is 3.03. The summed E-state index contributed by atoms with van der Waals surface area (Å²) in [6, 6.07) is 0. The molecule has 1 rings (SSSR count). The molecule has 0 unspecified atom stereocenters. The minimum atomic E-state index is -1.30. The van der Waals surface area contributed by atoms with Gasteiger partial charge >= 0.3 is 110 Å². The van der Waals surface area contributed by atoms with Gasteiger partial charge < -0.3 is 0 Å². The van der Waals surface area contributed by atoms with E-state index in [1.807, 2.05) is 0 Å². The summed E-state index contributed by atoms with van der Waals surface area (Å²) in [5.41, 5.74) is 0.358. The molecule has 0 aliphatic heterocycles. The van der Waals surface area contributed by atoms with Crippen LogP contribution in [0.3, 0.4) is 0 Å². The van der Waals surface area contributed by atoms with Gasteiger partial charge in [-0.3, -0.25) is 0 Å². The Labute approximate surface area is 110 Å². The van der Waals surface area contributed by atoms with Crippen LogP contribution in [0.4, 0.5) is 0 Å². The summed E-state index contributed by atoms with van der Waals surface area (Å²) < 4.78 is 0. The fourth-order valence-electron chi connectivity index (χ4n) is 3.50. The molecule has 0 fully saturated rings. The second kappa shape index (κ2) is 6.37. The van der Waals surface area contributed by atoms with Crippen molar-refractivity contribution in [3.05, 3.63) is 0 Å². The normalized spacial score (nSPS) is 15.1. The van der Waals surface area contributed by atoms with Crippen molar-refractivity contribution in [2.45, 2.75) is 53.4 Å². The van der Waals surface area contributed by atoms with Crippen molar-refractivity contribution in [2.75, 3.05) is 24.6 Å². The van der Waals surface area contributed by atoms with E-state index in [0.717, 1.165) is 0 Å². The second-order valence-corrected chi connectivity index (χ2v) is 24.2. The Kier molecular flexibility index (Phi) is 6.06. The van der Waals surface area contributed by atoms with Gasteiger partial charge in [-0.15, -0.1) is 0 Å². The molecule has 0 nitrogen and oxygen atoms in total. The number of rotatable bonds is 9. The van der Waals surface area contributed by atoms with Crippen LogP contribution in [0.25, 0.3) is 0 Å². The van der Waals surface area contributed by atoms with E-state index in [-0.39, 0.29) is 0 Å². The molecule has 0 spiro atoms. The van der Waals surface area contributed by atoms with E-state index < -0.39 is 6.29 Å². The topological polar surface area (TPSA) is 0 Å². The summed E-state index contributed by atoms with van der Waals surface area (Å²) in [6.45, 7) is 9.65. The van der Waals surface area contributed by atoms with Gasteiger partial charge in [-0.25, -0.2) is 0 Å². The van der Waals surface area contributed by atoms with E-state index in [0.29, 0.717) is 5.58 Å². The maximum atomic E-state index is 2.41. The van der Waals surface area contributed by atoms with Gasteiger partial charge in [0.15, 0.2) is 0 Å². The first-order valence-electron chi connectivity index (χ1n) is 6.83. The molecule has 0 aliphatic rings. The molecule has 98 valence electrons. The molecule has 16 heavy (non-hydrogen) atoms. The molecular formula is C12H28P2S2. The van der Waals surface area contributed by atoms with Gasteiger partial charge in [-0.2, -0.15) is 0 Å². The minimum absolute atomic E-state index is 0.358. The van der Waals surface area contributed by atoms with Crippen molar-refractivity contribution in [2.24, 2.45) is 0 Å². The van der Waals surface area contributed by atoms with Crippen LogP contribution in [-0.4, -0.2) is 24.6 Å². The van der Waals surface area contributed by atoms with Crippen LogP contribution in [0.2, 0.25) is 0 Å². The van der Waals surface area contributed by atoms with Crippen LogP contribution < -0.4 is 0 Å². The third-order valence-electron chi connectivity index (χ3n) is 3.79. The Bertz CT molecular complexity index is 241. The molecule has 0 bridgehead atoms. The molecule has 0 N–H and O–H groups in total. The molecule has 0 aromatic carbocycles. The molecule has 0 atom stereocenters. The van der Waals surface area contributed by atoms with Crippen LogP contribution >= 0.6 is 31.8 Å². The first-order chi connectivity index (χ1) is 7.67. The molecule has 0 saturated heterocycles. The van der Waals surface area contributed by atoms with Gasteiger partial charge in [0.25, 0.3) is 0 Å². The SMILES string of the molecule is CCCP(CCC)(CCC)(CCC)p1ss1. The Morgan fingerprint density at radius 3 is 1.19 bits per heavy atom. The van der Waals surface area contributed by atoms with Gasteiger partial charge in [-0.05, 0) is 0 Å². The van der Waals surface area contributed by atoms with Crippen LogP contribution in [0.1, 0.15) is 53.4 Å². The molecule has 1 aromatic heterocycles. The van der Waals surface area contributed by atoms with Gasteiger partial charge in [-0.1, -0.05) is 0 Å². The van der Waals surface area contributed by atoms with Gasteiger partial charge in [0.2, 0.25) is 0 Å².